The van der Waals surface area contributed by atoms with Crippen LogP contribution in [-0.4, -0.2) is 39.8 Å². The summed E-state index contributed by atoms with van der Waals surface area (Å²) in [6.45, 7) is 7.50. The Bertz CT molecular complexity index is 702. The second-order valence-corrected chi connectivity index (χ2v) is 8.31. The predicted molar refractivity (Wildman–Crippen MR) is 96.1 cm³/mol. The number of hydrogen-bond donors (Lipinski definition) is 3. The average Bonchev–Trinajstić information content (AvgIpc) is 2.43. The smallest absolute Gasteiger partial charge is 0.209 e. The van der Waals surface area contributed by atoms with Crippen LogP contribution in [0.2, 0.25) is 0 Å². The lowest BCUT2D eigenvalue weighted by atomic mass is 10.1. The first-order valence-corrected chi connectivity index (χ1v) is 9.55. The van der Waals surface area contributed by atoms with Crippen molar-refractivity contribution in [3.8, 4) is 0 Å². The van der Waals surface area contributed by atoms with Crippen LogP contribution in [-0.2, 0) is 10.0 Å². The maximum atomic E-state index is 13.7. The summed E-state index contributed by atoms with van der Waals surface area (Å²) < 4.78 is 39.0. The normalized spacial score (nSPS) is 14.4. The Morgan fingerprint density at radius 2 is 2.00 bits per heavy atom. The van der Waals surface area contributed by atoms with Gasteiger partial charge in [0.05, 0.1) is 12.3 Å². The van der Waals surface area contributed by atoms with E-state index >= 15 is 0 Å². The molecule has 0 fully saturated rings. The van der Waals surface area contributed by atoms with Crippen LogP contribution in [0.25, 0.3) is 0 Å². The molecule has 0 saturated carbocycles. The second kappa shape index (κ2) is 7.94. The predicted octanol–water partition coefficient (Wildman–Crippen LogP) is 1.69. The number of rotatable bonds is 6. The fourth-order valence-corrected chi connectivity index (χ4v) is 3.28. The molecule has 0 spiro atoms. The molecule has 136 valence electrons. The number of guanidine groups is 1. The molecule has 1 atom stereocenters. The molecule has 0 amide bonds. The van der Waals surface area contributed by atoms with Crippen LogP contribution in [0.3, 0.4) is 0 Å². The van der Waals surface area contributed by atoms with Crippen molar-refractivity contribution in [1.29, 1.82) is 0 Å². The summed E-state index contributed by atoms with van der Waals surface area (Å²) >= 11 is 0. The van der Waals surface area contributed by atoms with Gasteiger partial charge in [0.25, 0.3) is 0 Å². The topological polar surface area (TPSA) is 82.6 Å². The van der Waals surface area contributed by atoms with E-state index in [1.807, 2.05) is 13.0 Å². The van der Waals surface area contributed by atoms with Gasteiger partial charge >= 0.3 is 0 Å². The second-order valence-electron chi connectivity index (χ2n) is 6.56. The molecule has 0 aliphatic rings. The summed E-state index contributed by atoms with van der Waals surface area (Å²) in [5.41, 5.74) is 0.723. The Balaban J connectivity index is 2.69. The van der Waals surface area contributed by atoms with Crippen LogP contribution in [0.4, 0.5) is 4.39 Å². The van der Waals surface area contributed by atoms with Gasteiger partial charge in [-0.2, -0.15) is 0 Å². The minimum Gasteiger partial charge on any atom is -0.355 e. The van der Waals surface area contributed by atoms with Crippen molar-refractivity contribution in [3.63, 3.8) is 0 Å². The van der Waals surface area contributed by atoms with Crippen molar-refractivity contribution in [3.05, 3.63) is 35.1 Å². The summed E-state index contributed by atoms with van der Waals surface area (Å²) in [6, 6.07) is 4.93. The Morgan fingerprint density at radius 1 is 1.38 bits per heavy atom. The van der Waals surface area contributed by atoms with Crippen LogP contribution < -0.4 is 15.4 Å². The van der Waals surface area contributed by atoms with Crippen LogP contribution >= 0.6 is 0 Å². The number of hydrogen-bond acceptors (Lipinski definition) is 3. The number of nitrogens with one attached hydrogen (secondary N) is 3. The Morgan fingerprint density at radius 3 is 2.50 bits per heavy atom. The molecule has 0 aliphatic carbocycles. The van der Waals surface area contributed by atoms with E-state index in [-0.39, 0.29) is 11.9 Å². The molecule has 1 aromatic carbocycles. The molecular formula is C16H27FN4O2S. The Hall–Kier alpha value is -1.67. The lowest BCUT2D eigenvalue weighted by molar-refractivity contribution is 0.445. The lowest BCUT2D eigenvalue weighted by Crippen LogP contribution is -2.53. The maximum Gasteiger partial charge on any atom is 0.209 e. The molecule has 6 nitrogen and oxygen atoms in total. The molecule has 1 unspecified atom stereocenters. The highest BCUT2D eigenvalue weighted by Gasteiger charge is 2.22. The first-order valence-electron chi connectivity index (χ1n) is 7.66. The first kappa shape index (κ1) is 20.4. The molecule has 1 rings (SSSR count). The van der Waals surface area contributed by atoms with Gasteiger partial charge in [-0.15, -0.1) is 0 Å². The van der Waals surface area contributed by atoms with Gasteiger partial charge in [-0.3, -0.25) is 4.99 Å². The molecule has 0 saturated heterocycles. The monoisotopic (exact) mass is 358 g/mol. The molecule has 0 aromatic heterocycles. The Kier molecular flexibility index (Phi) is 6.74. The van der Waals surface area contributed by atoms with Gasteiger partial charge < -0.3 is 10.6 Å². The van der Waals surface area contributed by atoms with Gasteiger partial charge in [0.2, 0.25) is 10.0 Å². The maximum absolute atomic E-state index is 13.7. The minimum absolute atomic E-state index is 0.155. The van der Waals surface area contributed by atoms with Gasteiger partial charge in [-0.05, 0) is 44.9 Å². The third-order valence-corrected chi connectivity index (χ3v) is 4.36. The zero-order valence-corrected chi connectivity index (χ0v) is 15.9. The van der Waals surface area contributed by atoms with Crippen molar-refractivity contribution in [2.45, 2.75) is 39.3 Å². The number of aliphatic imine (C=N–C) groups is 1. The molecule has 3 N–H and O–H groups in total. The van der Waals surface area contributed by atoms with Gasteiger partial charge in [0.15, 0.2) is 5.96 Å². The summed E-state index contributed by atoms with van der Waals surface area (Å²) in [7, 11) is -1.68. The van der Waals surface area contributed by atoms with Gasteiger partial charge in [0, 0.05) is 19.1 Å². The van der Waals surface area contributed by atoms with Crippen molar-refractivity contribution in [2.24, 2.45) is 4.99 Å². The van der Waals surface area contributed by atoms with E-state index in [2.05, 4.69) is 20.3 Å². The highest BCUT2D eigenvalue weighted by atomic mass is 32.2. The van der Waals surface area contributed by atoms with Crippen molar-refractivity contribution < 1.29 is 12.8 Å². The zero-order valence-electron chi connectivity index (χ0n) is 15.1. The third-order valence-electron chi connectivity index (χ3n) is 3.43. The molecule has 0 aliphatic heterocycles. The highest BCUT2D eigenvalue weighted by Crippen LogP contribution is 2.16. The van der Waals surface area contributed by atoms with E-state index in [4.69, 9.17) is 0 Å². The number of halogens is 1. The number of benzene rings is 1. The molecular weight excluding hydrogens is 331 g/mol. The molecule has 24 heavy (non-hydrogen) atoms. The first-order chi connectivity index (χ1) is 10.9. The molecule has 8 heteroatoms. The molecule has 0 heterocycles. The fourth-order valence-electron chi connectivity index (χ4n) is 2.20. The molecule has 0 bridgehead atoms. The number of sulfonamides is 1. The molecule has 1 aromatic rings. The van der Waals surface area contributed by atoms with E-state index in [0.717, 1.165) is 11.8 Å². The summed E-state index contributed by atoms with van der Waals surface area (Å²) in [4.78, 5) is 4.12. The van der Waals surface area contributed by atoms with E-state index in [0.29, 0.717) is 18.1 Å². The van der Waals surface area contributed by atoms with E-state index in [9.17, 15) is 12.8 Å². The Labute approximate surface area is 144 Å². The van der Waals surface area contributed by atoms with E-state index in [1.165, 1.54) is 6.07 Å². The van der Waals surface area contributed by atoms with Crippen LogP contribution in [0.15, 0.2) is 23.2 Å². The van der Waals surface area contributed by atoms with Crippen molar-refractivity contribution in [2.75, 3.05) is 19.8 Å². The third kappa shape index (κ3) is 6.84. The average molecular weight is 358 g/mol. The zero-order chi connectivity index (χ0) is 18.5. The highest BCUT2D eigenvalue weighted by molar-refractivity contribution is 7.88. The summed E-state index contributed by atoms with van der Waals surface area (Å²) in [5.74, 6) is 0.259. The summed E-state index contributed by atoms with van der Waals surface area (Å²) in [6.07, 6.45) is 1.12. The van der Waals surface area contributed by atoms with Gasteiger partial charge in [0.1, 0.15) is 5.82 Å². The number of nitrogens with zero attached hydrogens (tertiary/aromatic N) is 1. The van der Waals surface area contributed by atoms with Crippen molar-refractivity contribution >= 4 is 16.0 Å². The van der Waals surface area contributed by atoms with Gasteiger partial charge in [-0.1, -0.05) is 12.1 Å². The standard InChI is InChI=1S/C16H27FN4O2S/c1-11-7-8-13(9-14(11)17)12(2)20-15(18-5)19-10-16(3,4)21-24(6,22)23/h7-9,12,21H,10H2,1-6H3,(H2,18,19,20). The van der Waals surface area contributed by atoms with Crippen LogP contribution in [0, 0.1) is 12.7 Å². The largest absolute Gasteiger partial charge is 0.355 e. The van der Waals surface area contributed by atoms with E-state index < -0.39 is 15.6 Å². The fraction of sp³-hybridized carbons (Fsp3) is 0.562. The SMILES string of the molecule is CN=C(NCC(C)(C)NS(C)(=O)=O)NC(C)c1ccc(C)c(F)c1. The molecule has 0 radical (unpaired) electrons. The van der Waals surface area contributed by atoms with Gasteiger partial charge in [-0.25, -0.2) is 17.5 Å². The van der Waals surface area contributed by atoms with E-state index in [1.54, 1.807) is 33.9 Å². The number of aryl methyl sites for hydroxylation is 1. The summed E-state index contributed by atoms with van der Waals surface area (Å²) in [5, 5.41) is 6.24. The van der Waals surface area contributed by atoms with Crippen molar-refractivity contribution in [1.82, 2.24) is 15.4 Å². The van der Waals surface area contributed by atoms with Crippen LogP contribution in [0.5, 0.6) is 0 Å². The lowest BCUT2D eigenvalue weighted by Gasteiger charge is -2.27. The minimum atomic E-state index is -3.30. The van der Waals surface area contributed by atoms with Crippen LogP contribution in [0.1, 0.15) is 37.9 Å². The quantitative estimate of drug-likeness (QED) is 0.534.